The third kappa shape index (κ3) is 2.45. The van der Waals surface area contributed by atoms with Crippen molar-refractivity contribution >= 4 is 22.7 Å². The number of fused-ring (bicyclic) bond motifs is 1. The van der Waals surface area contributed by atoms with Gasteiger partial charge in [0.25, 0.3) is 0 Å². The summed E-state index contributed by atoms with van der Waals surface area (Å²) in [4.78, 5) is 3.12. The Morgan fingerprint density at radius 3 is 2.90 bits per heavy atom. The molecule has 0 saturated carbocycles. The number of phenolic OH excluding ortho intramolecular Hbond substituents is 1. The molecule has 0 aliphatic heterocycles. The first-order chi connectivity index (χ1) is 10.2. The van der Waals surface area contributed by atoms with Crippen LogP contribution in [-0.4, -0.2) is 10.1 Å². The summed E-state index contributed by atoms with van der Waals surface area (Å²) in [7, 11) is 0. The average Bonchev–Trinajstić information content (AvgIpc) is 2.90. The van der Waals surface area contributed by atoms with Crippen LogP contribution < -0.4 is 5.73 Å². The SMILES string of the molecule is N#Cc1cccc(/C=C(\N)c2c[nH]c3ccc(O)cc23)c1. The van der Waals surface area contributed by atoms with Gasteiger partial charge in [-0.3, -0.25) is 0 Å². The van der Waals surface area contributed by atoms with E-state index in [-0.39, 0.29) is 5.75 Å². The highest BCUT2D eigenvalue weighted by molar-refractivity contribution is 5.96. The molecule has 0 aliphatic carbocycles. The maximum atomic E-state index is 9.60. The van der Waals surface area contributed by atoms with E-state index in [4.69, 9.17) is 11.0 Å². The molecule has 0 saturated heterocycles. The van der Waals surface area contributed by atoms with Crippen LogP contribution in [0.25, 0.3) is 22.7 Å². The summed E-state index contributed by atoms with van der Waals surface area (Å²) in [6.07, 6.45) is 3.62. The lowest BCUT2D eigenvalue weighted by atomic mass is 10.1. The first kappa shape index (κ1) is 12.8. The van der Waals surface area contributed by atoms with Crippen molar-refractivity contribution in [3.63, 3.8) is 0 Å². The standard InChI is InChI=1S/C17H13N3O/c18-9-12-3-1-2-11(6-12)7-16(19)15-10-20-17-5-4-13(21)8-14(15)17/h1-8,10,20-21H,19H2/b16-7-. The summed E-state index contributed by atoms with van der Waals surface area (Å²) in [6, 6.07) is 14.4. The second kappa shape index (κ2) is 5.06. The highest BCUT2D eigenvalue weighted by Gasteiger charge is 2.07. The maximum Gasteiger partial charge on any atom is 0.116 e. The van der Waals surface area contributed by atoms with Crippen LogP contribution in [0.1, 0.15) is 16.7 Å². The van der Waals surface area contributed by atoms with Gasteiger partial charge in [0.05, 0.1) is 11.6 Å². The van der Waals surface area contributed by atoms with Crippen LogP contribution in [0.2, 0.25) is 0 Å². The minimum atomic E-state index is 0.197. The Hall–Kier alpha value is -3.19. The van der Waals surface area contributed by atoms with E-state index in [1.807, 2.05) is 24.4 Å². The molecule has 1 heterocycles. The van der Waals surface area contributed by atoms with E-state index in [2.05, 4.69) is 11.1 Å². The minimum absolute atomic E-state index is 0.197. The van der Waals surface area contributed by atoms with Gasteiger partial charge < -0.3 is 15.8 Å². The highest BCUT2D eigenvalue weighted by atomic mass is 16.3. The number of aromatic nitrogens is 1. The molecule has 1 aromatic heterocycles. The number of hydrogen-bond acceptors (Lipinski definition) is 3. The third-order valence-corrected chi connectivity index (χ3v) is 3.31. The highest BCUT2D eigenvalue weighted by Crippen LogP contribution is 2.27. The molecule has 21 heavy (non-hydrogen) atoms. The zero-order valence-corrected chi connectivity index (χ0v) is 11.2. The van der Waals surface area contributed by atoms with Crippen LogP contribution >= 0.6 is 0 Å². The number of rotatable bonds is 2. The van der Waals surface area contributed by atoms with Gasteiger partial charge in [0.1, 0.15) is 5.75 Å². The zero-order chi connectivity index (χ0) is 14.8. The number of nitrogens with zero attached hydrogens (tertiary/aromatic N) is 1. The van der Waals surface area contributed by atoms with Crippen LogP contribution in [0.15, 0.2) is 48.7 Å². The van der Waals surface area contributed by atoms with Crippen molar-refractivity contribution in [1.82, 2.24) is 4.98 Å². The summed E-state index contributed by atoms with van der Waals surface area (Å²) in [5.41, 5.74) is 9.91. The molecule has 0 unspecified atom stereocenters. The van der Waals surface area contributed by atoms with Crippen LogP contribution in [0.5, 0.6) is 5.75 Å². The number of aromatic amines is 1. The second-order valence-corrected chi connectivity index (χ2v) is 4.77. The third-order valence-electron chi connectivity index (χ3n) is 3.31. The van der Waals surface area contributed by atoms with Gasteiger partial charge in [0, 0.05) is 28.4 Å². The predicted octanol–water partition coefficient (Wildman–Crippen LogP) is 3.20. The maximum absolute atomic E-state index is 9.60. The normalized spacial score (nSPS) is 11.5. The molecule has 0 aliphatic rings. The lowest BCUT2D eigenvalue weighted by Crippen LogP contribution is -1.95. The van der Waals surface area contributed by atoms with Gasteiger partial charge in [-0.25, -0.2) is 0 Å². The van der Waals surface area contributed by atoms with Crippen LogP contribution in [0, 0.1) is 11.3 Å². The van der Waals surface area contributed by atoms with Crippen molar-refractivity contribution < 1.29 is 5.11 Å². The number of nitriles is 1. The zero-order valence-electron chi connectivity index (χ0n) is 11.2. The molecular weight excluding hydrogens is 262 g/mol. The first-order valence-electron chi connectivity index (χ1n) is 6.45. The fraction of sp³-hybridized carbons (Fsp3) is 0. The fourth-order valence-corrected chi connectivity index (χ4v) is 2.30. The van der Waals surface area contributed by atoms with Gasteiger partial charge in [-0.2, -0.15) is 5.26 Å². The molecule has 0 amide bonds. The number of hydrogen-bond donors (Lipinski definition) is 3. The van der Waals surface area contributed by atoms with E-state index in [0.717, 1.165) is 22.0 Å². The van der Waals surface area contributed by atoms with Gasteiger partial charge in [0.15, 0.2) is 0 Å². The lowest BCUT2D eigenvalue weighted by Gasteiger charge is -2.01. The molecule has 3 rings (SSSR count). The van der Waals surface area contributed by atoms with E-state index >= 15 is 0 Å². The predicted molar refractivity (Wildman–Crippen MR) is 83.2 cm³/mol. The van der Waals surface area contributed by atoms with Gasteiger partial charge in [-0.1, -0.05) is 12.1 Å². The largest absolute Gasteiger partial charge is 0.508 e. The molecule has 102 valence electrons. The van der Waals surface area contributed by atoms with Crippen molar-refractivity contribution in [3.05, 3.63) is 65.4 Å². The first-order valence-corrected chi connectivity index (χ1v) is 6.45. The van der Waals surface area contributed by atoms with E-state index in [1.54, 1.807) is 30.3 Å². The lowest BCUT2D eigenvalue weighted by molar-refractivity contribution is 0.476. The van der Waals surface area contributed by atoms with Gasteiger partial charge in [-0.05, 0) is 42.0 Å². The van der Waals surface area contributed by atoms with E-state index in [9.17, 15) is 5.11 Å². The second-order valence-electron chi connectivity index (χ2n) is 4.77. The Kier molecular flexibility index (Phi) is 3.09. The Balaban J connectivity index is 2.07. The average molecular weight is 275 g/mol. The van der Waals surface area contributed by atoms with Gasteiger partial charge in [-0.15, -0.1) is 0 Å². The van der Waals surface area contributed by atoms with Crippen molar-refractivity contribution in [2.24, 2.45) is 5.73 Å². The number of H-pyrrole nitrogens is 1. The minimum Gasteiger partial charge on any atom is -0.508 e. The summed E-state index contributed by atoms with van der Waals surface area (Å²) in [5.74, 6) is 0.197. The van der Waals surface area contributed by atoms with Crippen molar-refractivity contribution in [3.8, 4) is 11.8 Å². The van der Waals surface area contributed by atoms with Crippen molar-refractivity contribution in [2.45, 2.75) is 0 Å². The van der Waals surface area contributed by atoms with Gasteiger partial charge in [0.2, 0.25) is 0 Å². The number of nitrogens with one attached hydrogen (secondary N) is 1. The Morgan fingerprint density at radius 2 is 2.10 bits per heavy atom. The number of aromatic hydroxyl groups is 1. The molecule has 4 nitrogen and oxygen atoms in total. The number of phenols is 1. The molecule has 2 aromatic carbocycles. The molecule has 0 bridgehead atoms. The topological polar surface area (TPSA) is 85.8 Å². The Labute approximate surface area is 121 Å². The van der Waals surface area contributed by atoms with Crippen LogP contribution in [-0.2, 0) is 0 Å². The quantitative estimate of drug-likeness (QED) is 0.671. The monoisotopic (exact) mass is 275 g/mol. The molecule has 4 N–H and O–H groups in total. The van der Waals surface area contributed by atoms with E-state index in [0.29, 0.717) is 11.3 Å². The summed E-state index contributed by atoms with van der Waals surface area (Å²) in [6.45, 7) is 0. The van der Waals surface area contributed by atoms with Crippen molar-refractivity contribution in [1.29, 1.82) is 5.26 Å². The van der Waals surface area contributed by atoms with E-state index < -0.39 is 0 Å². The molecule has 0 spiro atoms. The van der Waals surface area contributed by atoms with Crippen LogP contribution in [0.3, 0.4) is 0 Å². The molecule has 0 fully saturated rings. The number of benzene rings is 2. The van der Waals surface area contributed by atoms with E-state index in [1.165, 1.54) is 0 Å². The Bertz CT molecular complexity index is 884. The number of nitrogens with two attached hydrogens (primary N) is 1. The van der Waals surface area contributed by atoms with Crippen LogP contribution in [0.4, 0.5) is 0 Å². The fourth-order valence-electron chi connectivity index (χ4n) is 2.30. The summed E-state index contributed by atoms with van der Waals surface area (Å²) in [5, 5.41) is 19.4. The molecule has 4 heteroatoms. The smallest absolute Gasteiger partial charge is 0.116 e. The molecule has 3 aromatic rings. The summed E-state index contributed by atoms with van der Waals surface area (Å²) >= 11 is 0. The molecule has 0 radical (unpaired) electrons. The van der Waals surface area contributed by atoms with Gasteiger partial charge >= 0.3 is 0 Å². The Morgan fingerprint density at radius 1 is 1.24 bits per heavy atom. The molecular formula is C17H13N3O. The summed E-state index contributed by atoms with van der Waals surface area (Å²) < 4.78 is 0. The molecule has 0 atom stereocenters. The van der Waals surface area contributed by atoms with Crippen molar-refractivity contribution in [2.75, 3.05) is 0 Å².